The van der Waals surface area contributed by atoms with E-state index in [1.165, 1.54) is 5.56 Å². The second kappa shape index (κ2) is 3.56. The Morgan fingerprint density at radius 3 is 2.61 bits per heavy atom. The molecule has 1 aliphatic rings. The van der Waals surface area contributed by atoms with Crippen molar-refractivity contribution in [1.82, 2.24) is 4.98 Å². The molecule has 0 radical (unpaired) electrons. The molecule has 1 aromatic carbocycles. The van der Waals surface area contributed by atoms with E-state index in [2.05, 4.69) is 11.1 Å². The Bertz CT molecular complexity index is 591. The molecule has 0 amide bonds. The molecule has 2 N–H and O–H groups in total. The van der Waals surface area contributed by atoms with Gasteiger partial charge in [0.1, 0.15) is 5.52 Å². The second-order valence-electron chi connectivity index (χ2n) is 5.71. The SMILES string of the molecule is Cc1nc2ccc(C3(C(C)(C)N)COC3)cc2o1. The summed E-state index contributed by atoms with van der Waals surface area (Å²) in [7, 11) is 0. The number of hydrogen-bond donors (Lipinski definition) is 1. The maximum atomic E-state index is 6.33. The molecule has 1 saturated heterocycles. The number of aryl methyl sites for hydroxylation is 1. The third-order valence-corrected chi connectivity index (χ3v) is 3.98. The van der Waals surface area contributed by atoms with E-state index in [4.69, 9.17) is 14.9 Å². The lowest BCUT2D eigenvalue weighted by Gasteiger charge is -2.51. The van der Waals surface area contributed by atoms with E-state index in [-0.39, 0.29) is 11.0 Å². The minimum Gasteiger partial charge on any atom is -0.441 e. The van der Waals surface area contributed by atoms with Gasteiger partial charge in [-0.25, -0.2) is 4.98 Å². The van der Waals surface area contributed by atoms with E-state index < -0.39 is 0 Å². The zero-order chi connectivity index (χ0) is 13.0. The first kappa shape index (κ1) is 11.7. The standard InChI is InChI=1S/C14H18N2O2/c1-9-16-11-5-4-10(6-12(11)18-9)14(7-17-8-14)13(2,3)15/h4-6H,7-8,15H2,1-3H3. The molecule has 2 heterocycles. The van der Waals surface area contributed by atoms with Crippen molar-refractivity contribution in [3.8, 4) is 0 Å². The summed E-state index contributed by atoms with van der Waals surface area (Å²) in [6.07, 6.45) is 0. The lowest BCUT2D eigenvalue weighted by Crippen LogP contribution is -2.64. The molecular weight excluding hydrogens is 228 g/mol. The average Bonchev–Trinajstić information content (AvgIpc) is 2.52. The molecule has 0 spiro atoms. The minimum absolute atomic E-state index is 0.123. The van der Waals surface area contributed by atoms with Crippen molar-refractivity contribution >= 4 is 11.1 Å². The maximum Gasteiger partial charge on any atom is 0.192 e. The van der Waals surface area contributed by atoms with Gasteiger partial charge in [-0.1, -0.05) is 6.07 Å². The molecule has 1 aliphatic heterocycles. The van der Waals surface area contributed by atoms with E-state index in [9.17, 15) is 0 Å². The summed E-state index contributed by atoms with van der Waals surface area (Å²) in [4.78, 5) is 4.31. The summed E-state index contributed by atoms with van der Waals surface area (Å²) < 4.78 is 11.0. The number of oxazole rings is 1. The zero-order valence-corrected chi connectivity index (χ0v) is 11.0. The van der Waals surface area contributed by atoms with E-state index in [1.807, 2.05) is 32.9 Å². The number of fused-ring (bicyclic) bond motifs is 1. The van der Waals surface area contributed by atoms with Gasteiger partial charge in [0.2, 0.25) is 0 Å². The van der Waals surface area contributed by atoms with Crippen molar-refractivity contribution in [2.24, 2.45) is 5.73 Å². The Morgan fingerprint density at radius 1 is 1.33 bits per heavy atom. The van der Waals surface area contributed by atoms with E-state index in [0.29, 0.717) is 19.1 Å². The van der Waals surface area contributed by atoms with Gasteiger partial charge in [-0.3, -0.25) is 0 Å². The van der Waals surface area contributed by atoms with Gasteiger partial charge in [-0.2, -0.15) is 0 Å². The Morgan fingerprint density at radius 2 is 2.06 bits per heavy atom. The molecule has 2 aromatic rings. The van der Waals surface area contributed by atoms with Crippen LogP contribution < -0.4 is 5.73 Å². The number of benzene rings is 1. The van der Waals surface area contributed by atoms with Crippen LogP contribution in [0.1, 0.15) is 25.3 Å². The van der Waals surface area contributed by atoms with Crippen LogP contribution in [0.2, 0.25) is 0 Å². The molecule has 0 atom stereocenters. The van der Waals surface area contributed by atoms with Crippen molar-refractivity contribution in [3.05, 3.63) is 29.7 Å². The molecule has 0 saturated carbocycles. The van der Waals surface area contributed by atoms with Crippen LogP contribution in [0.5, 0.6) is 0 Å². The van der Waals surface area contributed by atoms with Gasteiger partial charge in [0.05, 0.1) is 18.6 Å². The number of rotatable bonds is 2. The van der Waals surface area contributed by atoms with Gasteiger partial charge < -0.3 is 14.9 Å². The number of nitrogens with zero attached hydrogens (tertiary/aromatic N) is 1. The topological polar surface area (TPSA) is 61.3 Å². The molecule has 3 rings (SSSR count). The Kier molecular flexibility index (Phi) is 2.31. The van der Waals surface area contributed by atoms with Gasteiger partial charge in [-0.15, -0.1) is 0 Å². The predicted molar refractivity (Wildman–Crippen MR) is 69.5 cm³/mol. The van der Waals surface area contributed by atoms with Gasteiger partial charge in [0, 0.05) is 12.5 Å². The van der Waals surface area contributed by atoms with Crippen molar-refractivity contribution in [2.45, 2.75) is 31.7 Å². The van der Waals surface area contributed by atoms with Crippen LogP contribution in [0.4, 0.5) is 0 Å². The largest absolute Gasteiger partial charge is 0.441 e. The van der Waals surface area contributed by atoms with Crippen molar-refractivity contribution in [1.29, 1.82) is 0 Å². The van der Waals surface area contributed by atoms with E-state index in [1.54, 1.807) is 0 Å². The summed E-state index contributed by atoms with van der Waals surface area (Å²) in [5.41, 5.74) is 8.76. The maximum absolute atomic E-state index is 6.33. The third-order valence-electron chi connectivity index (χ3n) is 3.98. The first-order chi connectivity index (χ1) is 8.42. The fraction of sp³-hybridized carbons (Fsp3) is 0.500. The fourth-order valence-corrected chi connectivity index (χ4v) is 2.55. The van der Waals surface area contributed by atoms with E-state index >= 15 is 0 Å². The zero-order valence-electron chi connectivity index (χ0n) is 11.0. The van der Waals surface area contributed by atoms with Crippen LogP contribution in [0.25, 0.3) is 11.1 Å². The number of aromatic nitrogens is 1. The lowest BCUT2D eigenvalue weighted by molar-refractivity contribution is -0.0918. The molecule has 1 aromatic heterocycles. The molecule has 4 heteroatoms. The smallest absolute Gasteiger partial charge is 0.192 e. The van der Waals surface area contributed by atoms with Crippen molar-refractivity contribution in [3.63, 3.8) is 0 Å². The minimum atomic E-state index is -0.325. The molecule has 0 aliphatic carbocycles. The molecule has 4 nitrogen and oxygen atoms in total. The summed E-state index contributed by atoms with van der Waals surface area (Å²) in [6.45, 7) is 7.27. The van der Waals surface area contributed by atoms with E-state index in [0.717, 1.165) is 11.1 Å². The Balaban J connectivity index is 2.13. The average molecular weight is 246 g/mol. The molecule has 96 valence electrons. The van der Waals surface area contributed by atoms with Crippen LogP contribution in [-0.2, 0) is 10.2 Å². The Labute approximate surface area is 106 Å². The van der Waals surface area contributed by atoms with Gasteiger partial charge in [0.25, 0.3) is 0 Å². The predicted octanol–water partition coefficient (Wildman–Crippen LogP) is 2.14. The van der Waals surface area contributed by atoms with Crippen molar-refractivity contribution < 1.29 is 9.15 Å². The molecule has 1 fully saturated rings. The summed E-state index contributed by atoms with van der Waals surface area (Å²) in [5, 5.41) is 0. The van der Waals surface area contributed by atoms with Crippen LogP contribution in [0.15, 0.2) is 22.6 Å². The number of nitrogens with two attached hydrogens (primary N) is 1. The molecular formula is C14H18N2O2. The number of hydrogen-bond acceptors (Lipinski definition) is 4. The molecule has 0 bridgehead atoms. The molecule has 18 heavy (non-hydrogen) atoms. The van der Waals surface area contributed by atoms with Crippen molar-refractivity contribution in [2.75, 3.05) is 13.2 Å². The van der Waals surface area contributed by atoms with Crippen LogP contribution >= 0.6 is 0 Å². The fourth-order valence-electron chi connectivity index (χ4n) is 2.55. The highest BCUT2D eigenvalue weighted by Crippen LogP contribution is 2.41. The normalized spacial score (nSPS) is 18.9. The highest BCUT2D eigenvalue weighted by atomic mass is 16.5. The monoisotopic (exact) mass is 246 g/mol. The lowest BCUT2D eigenvalue weighted by atomic mass is 9.66. The quantitative estimate of drug-likeness (QED) is 0.882. The summed E-state index contributed by atoms with van der Waals surface area (Å²) in [5.74, 6) is 0.688. The molecule has 0 unspecified atom stereocenters. The third kappa shape index (κ3) is 1.49. The first-order valence-electron chi connectivity index (χ1n) is 6.17. The van der Waals surface area contributed by atoms with Crippen LogP contribution in [-0.4, -0.2) is 23.7 Å². The first-order valence-corrected chi connectivity index (χ1v) is 6.17. The van der Waals surface area contributed by atoms with Gasteiger partial charge >= 0.3 is 0 Å². The van der Waals surface area contributed by atoms with Crippen LogP contribution in [0.3, 0.4) is 0 Å². The van der Waals surface area contributed by atoms with Gasteiger partial charge in [0.15, 0.2) is 11.5 Å². The van der Waals surface area contributed by atoms with Gasteiger partial charge in [-0.05, 0) is 31.5 Å². The summed E-state index contributed by atoms with van der Waals surface area (Å²) in [6, 6.07) is 6.13. The highest BCUT2D eigenvalue weighted by molar-refractivity contribution is 5.74. The summed E-state index contributed by atoms with van der Waals surface area (Å²) >= 11 is 0. The Hall–Kier alpha value is -1.39. The number of ether oxygens (including phenoxy) is 1. The second-order valence-corrected chi connectivity index (χ2v) is 5.71. The van der Waals surface area contributed by atoms with Crippen LogP contribution in [0, 0.1) is 6.92 Å². The highest BCUT2D eigenvalue weighted by Gasteiger charge is 2.50.